The number of nitrogens with zero attached hydrogens (tertiary/aromatic N) is 2. The first-order chi connectivity index (χ1) is 14.4. The summed E-state index contributed by atoms with van der Waals surface area (Å²) in [7, 11) is 3.35. The second-order valence-corrected chi connectivity index (χ2v) is 7.03. The minimum atomic E-state index is -4.38. The molecule has 1 aliphatic rings. The number of hydrogen-bond donors (Lipinski definition) is 1. The number of nitrogens with one attached hydrogen (secondary N) is 1. The molecular weight excluding hydrogens is 395 g/mol. The molecule has 30 heavy (non-hydrogen) atoms. The molecular formula is C22H26F3N3O2. The average Bonchev–Trinajstić information content (AvgIpc) is 2.75. The summed E-state index contributed by atoms with van der Waals surface area (Å²) in [6, 6.07) is 13.3. The topological polar surface area (TPSA) is 46.1 Å². The fourth-order valence-corrected chi connectivity index (χ4v) is 3.49. The van der Waals surface area contributed by atoms with Crippen LogP contribution < -0.4 is 5.32 Å². The predicted molar refractivity (Wildman–Crippen MR) is 109 cm³/mol. The zero-order chi connectivity index (χ0) is 21.6. The van der Waals surface area contributed by atoms with Crippen LogP contribution in [0.1, 0.15) is 28.4 Å². The van der Waals surface area contributed by atoms with Gasteiger partial charge in [-0.2, -0.15) is 13.2 Å². The molecule has 1 N–H and O–H groups in total. The fourth-order valence-electron chi connectivity index (χ4n) is 3.49. The number of benzene rings is 2. The van der Waals surface area contributed by atoms with Crippen molar-refractivity contribution >= 4 is 5.96 Å². The van der Waals surface area contributed by atoms with E-state index in [4.69, 9.17) is 9.47 Å². The highest BCUT2D eigenvalue weighted by Crippen LogP contribution is 2.32. The summed E-state index contributed by atoms with van der Waals surface area (Å²) in [5.74, 6) is 0.683. The molecule has 0 aliphatic carbocycles. The van der Waals surface area contributed by atoms with Crippen molar-refractivity contribution in [3.8, 4) is 0 Å². The Balaban J connectivity index is 1.68. The van der Waals surface area contributed by atoms with Crippen LogP contribution in [0.2, 0.25) is 0 Å². The van der Waals surface area contributed by atoms with Crippen LogP contribution >= 0.6 is 0 Å². The summed E-state index contributed by atoms with van der Waals surface area (Å²) in [6.45, 7) is 2.51. The van der Waals surface area contributed by atoms with E-state index < -0.39 is 17.8 Å². The lowest BCUT2D eigenvalue weighted by atomic mass is 10.0. The molecule has 1 unspecified atom stereocenters. The number of morpholine rings is 1. The van der Waals surface area contributed by atoms with Crippen molar-refractivity contribution in [3.05, 3.63) is 70.8 Å². The van der Waals surface area contributed by atoms with Crippen molar-refractivity contribution in [1.29, 1.82) is 0 Å². The molecule has 0 amide bonds. The van der Waals surface area contributed by atoms with E-state index in [1.165, 1.54) is 6.07 Å². The van der Waals surface area contributed by atoms with E-state index in [1.807, 2.05) is 29.2 Å². The Morgan fingerprint density at radius 2 is 1.97 bits per heavy atom. The Kier molecular flexibility index (Phi) is 7.33. The number of aliphatic imine (C=N–C) groups is 1. The van der Waals surface area contributed by atoms with E-state index in [2.05, 4.69) is 10.3 Å². The highest BCUT2D eigenvalue weighted by Gasteiger charge is 2.32. The molecule has 1 heterocycles. The largest absolute Gasteiger partial charge is 0.416 e. The lowest BCUT2D eigenvalue weighted by molar-refractivity contribution is -0.137. The van der Waals surface area contributed by atoms with Gasteiger partial charge in [0.25, 0.3) is 0 Å². The molecule has 8 heteroatoms. The normalized spacial score (nSPS) is 17.8. The van der Waals surface area contributed by atoms with Gasteiger partial charge in [-0.3, -0.25) is 4.99 Å². The standard InChI is InChI=1S/C22H26F3N3O2/c1-26-21(27-13-17-6-3-4-7-18(17)15-29-2)28-10-11-30-20(14-28)16-8-5-9-19(12-16)22(23,24)25/h3-9,12,20H,10-11,13-15H2,1-2H3,(H,26,27). The van der Waals surface area contributed by atoms with Crippen molar-refractivity contribution in [1.82, 2.24) is 10.2 Å². The summed E-state index contributed by atoms with van der Waals surface area (Å²) in [5, 5.41) is 3.35. The van der Waals surface area contributed by atoms with E-state index >= 15 is 0 Å². The van der Waals surface area contributed by atoms with E-state index in [9.17, 15) is 13.2 Å². The average molecular weight is 421 g/mol. The van der Waals surface area contributed by atoms with Crippen molar-refractivity contribution < 1.29 is 22.6 Å². The first kappa shape index (κ1) is 22.1. The van der Waals surface area contributed by atoms with Crippen molar-refractivity contribution in [2.24, 2.45) is 4.99 Å². The Morgan fingerprint density at radius 3 is 2.67 bits per heavy atom. The second kappa shape index (κ2) is 9.95. The maximum Gasteiger partial charge on any atom is 0.416 e. The number of hydrogen-bond acceptors (Lipinski definition) is 3. The molecule has 0 bridgehead atoms. The zero-order valence-corrected chi connectivity index (χ0v) is 17.1. The van der Waals surface area contributed by atoms with Crippen molar-refractivity contribution in [3.63, 3.8) is 0 Å². The van der Waals surface area contributed by atoms with Gasteiger partial charge in [-0.15, -0.1) is 0 Å². The van der Waals surface area contributed by atoms with Crippen LogP contribution in [-0.2, 0) is 28.8 Å². The number of halogens is 3. The molecule has 2 aromatic carbocycles. The molecule has 1 saturated heterocycles. The molecule has 1 atom stereocenters. The minimum absolute atomic E-state index is 0.405. The van der Waals surface area contributed by atoms with Gasteiger partial charge in [-0.05, 0) is 28.8 Å². The molecule has 0 radical (unpaired) electrons. The lowest BCUT2D eigenvalue weighted by Crippen LogP contribution is -2.48. The maximum absolute atomic E-state index is 13.1. The Labute approximate surface area is 174 Å². The van der Waals surface area contributed by atoms with Crippen LogP contribution in [-0.4, -0.2) is 44.7 Å². The van der Waals surface area contributed by atoms with E-state index in [0.29, 0.717) is 44.4 Å². The van der Waals surface area contributed by atoms with Crippen molar-refractivity contribution in [2.75, 3.05) is 33.9 Å². The number of ether oxygens (including phenoxy) is 2. The van der Waals surface area contributed by atoms with Crippen LogP contribution in [0.4, 0.5) is 13.2 Å². The highest BCUT2D eigenvalue weighted by molar-refractivity contribution is 5.80. The summed E-state index contributed by atoms with van der Waals surface area (Å²) in [4.78, 5) is 6.36. The molecule has 3 rings (SSSR count). The highest BCUT2D eigenvalue weighted by atomic mass is 19.4. The minimum Gasteiger partial charge on any atom is -0.380 e. The second-order valence-electron chi connectivity index (χ2n) is 7.03. The molecule has 0 saturated carbocycles. The SMILES string of the molecule is CN=C(NCc1ccccc1COC)N1CCOC(c2cccc(C(F)(F)F)c2)C1. The van der Waals surface area contributed by atoms with Gasteiger partial charge in [-0.25, -0.2) is 0 Å². The molecule has 1 aliphatic heterocycles. The quantitative estimate of drug-likeness (QED) is 0.586. The van der Waals surface area contributed by atoms with Gasteiger partial charge in [-0.1, -0.05) is 36.4 Å². The summed E-state index contributed by atoms with van der Waals surface area (Å²) in [5.41, 5.74) is 2.03. The Hall–Kier alpha value is -2.58. The van der Waals surface area contributed by atoms with Crippen molar-refractivity contribution in [2.45, 2.75) is 25.4 Å². The summed E-state index contributed by atoms with van der Waals surface area (Å²) >= 11 is 0. The zero-order valence-electron chi connectivity index (χ0n) is 17.1. The van der Waals surface area contributed by atoms with Gasteiger partial charge in [0.2, 0.25) is 0 Å². The third-order valence-corrected chi connectivity index (χ3v) is 5.02. The van der Waals surface area contributed by atoms with Gasteiger partial charge in [0, 0.05) is 27.2 Å². The van der Waals surface area contributed by atoms with Gasteiger partial charge in [0.15, 0.2) is 5.96 Å². The molecule has 0 aromatic heterocycles. The number of rotatable bonds is 5. The molecule has 162 valence electrons. The van der Waals surface area contributed by atoms with Crippen LogP contribution in [0.5, 0.6) is 0 Å². The summed E-state index contributed by atoms with van der Waals surface area (Å²) in [6.07, 6.45) is -4.84. The smallest absolute Gasteiger partial charge is 0.380 e. The summed E-state index contributed by atoms with van der Waals surface area (Å²) < 4.78 is 50.2. The van der Waals surface area contributed by atoms with Gasteiger partial charge in [0.05, 0.1) is 25.3 Å². The number of alkyl halides is 3. The molecule has 0 spiro atoms. The van der Waals surface area contributed by atoms with Gasteiger partial charge in [0.1, 0.15) is 6.10 Å². The van der Waals surface area contributed by atoms with Gasteiger partial charge < -0.3 is 19.7 Å². The van der Waals surface area contributed by atoms with Crippen LogP contribution in [0.25, 0.3) is 0 Å². The number of guanidine groups is 1. The first-order valence-electron chi connectivity index (χ1n) is 9.72. The monoisotopic (exact) mass is 421 g/mol. The Bertz CT molecular complexity index is 871. The third-order valence-electron chi connectivity index (χ3n) is 5.02. The predicted octanol–water partition coefficient (Wildman–Crippen LogP) is 4.00. The number of methoxy groups -OCH3 is 1. The fraction of sp³-hybridized carbons (Fsp3) is 0.409. The van der Waals surface area contributed by atoms with Crippen LogP contribution in [0.3, 0.4) is 0 Å². The van der Waals surface area contributed by atoms with E-state index in [0.717, 1.165) is 23.3 Å². The first-order valence-corrected chi connectivity index (χ1v) is 9.72. The molecule has 1 fully saturated rings. The maximum atomic E-state index is 13.1. The van der Waals surface area contributed by atoms with Crippen LogP contribution in [0, 0.1) is 0 Å². The lowest BCUT2D eigenvalue weighted by Gasteiger charge is -2.35. The van der Waals surface area contributed by atoms with E-state index in [-0.39, 0.29) is 0 Å². The molecule has 2 aromatic rings. The van der Waals surface area contributed by atoms with Gasteiger partial charge >= 0.3 is 6.18 Å². The molecule has 5 nitrogen and oxygen atoms in total. The van der Waals surface area contributed by atoms with Crippen LogP contribution in [0.15, 0.2) is 53.5 Å². The third kappa shape index (κ3) is 5.52. The van der Waals surface area contributed by atoms with E-state index in [1.54, 1.807) is 20.2 Å². The Morgan fingerprint density at radius 1 is 1.20 bits per heavy atom.